The van der Waals surface area contributed by atoms with Gasteiger partial charge in [0, 0.05) is 34.5 Å². The number of carbonyl (C=O) groups is 1. The van der Waals surface area contributed by atoms with Crippen LogP contribution in [0.1, 0.15) is 29.0 Å². The van der Waals surface area contributed by atoms with Crippen molar-refractivity contribution in [2.75, 3.05) is 19.5 Å². The van der Waals surface area contributed by atoms with Crippen LogP contribution in [0.2, 0.25) is 0 Å². The van der Waals surface area contributed by atoms with Crippen molar-refractivity contribution >= 4 is 27.5 Å². The smallest absolute Gasteiger partial charge is 0.225 e. The largest absolute Gasteiger partial charge is 0.497 e. The first kappa shape index (κ1) is 15.9. The molecule has 3 rings (SSSR count). The monoisotopic (exact) mass is 375 g/mol. The Labute approximate surface area is 143 Å². The summed E-state index contributed by atoms with van der Waals surface area (Å²) >= 11 is 3.57. The van der Waals surface area contributed by atoms with E-state index in [2.05, 4.69) is 39.4 Å². The summed E-state index contributed by atoms with van der Waals surface area (Å²) in [6.45, 7) is 2.04. The van der Waals surface area contributed by atoms with Crippen molar-refractivity contribution in [1.82, 2.24) is 0 Å². The average Bonchev–Trinajstić information content (AvgIpc) is 2.55. The van der Waals surface area contributed by atoms with Gasteiger partial charge in [0.1, 0.15) is 11.5 Å². The minimum Gasteiger partial charge on any atom is -0.497 e. The molecule has 1 unspecified atom stereocenters. The van der Waals surface area contributed by atoms with Crippen LogP contribution in [0.4, 0.5) is 5.69 Å². The molecule has 1 aliphatic heterocycles. The van der Waals surface area contributed by atoms with Gasteiger partial charge in [0.25, 0.3) is 0 Å². The third-order valence-electron chi connectivity index (χ3n) is 4.18. The van der Waals surface area contributed by atoms with E-state index in [0.717, 1.165) is 32.6 Å². The Morgan fingerprint density at radius 1 is 1.17 bits per heavy atom. The number of halogens is 1. The third kappa shape index (κ3) is 2.93. The fourth-order valence-electron chi connectivity index (χ4n) is 2.95. The van der Waals surface area contributed by atoms with Crippen molar-refractivity contribution in [3.05, 3.63) is 51.5 Å². The molecule has 4 nitrogen and oxygen atoms in total. The van der Waals surface area contributed by atoms with E-state index >= 15 is 0 Å². The topological polar surface area (TPSA) is 47.6 Å². The molecule has 1 heterocycles. The zero-order valence-electron chi connectivity index (χ0n) is 13.3. The SMILES string of the molecule is COc1cc2c(c(OC)c1)C(c1ccc(C)c(Br)c1)CC(=O)N2. The molecule has 0 saturated carbocycles. The van der Waals surface area contributed by atoms with Gasteiger partial charge in [0.15, 0.2) is 0 Å². The van der Waals surface area contributed by atoms with Crippen molar-refractivity contribution in [1.29, 1.82) is 0 Å². The highest BCUT2D eigenvalue weighted by molar-refractivity contribution is 9.10. The van der Waals surface area contributed by atoms with Crippen LogP contribution in [-0.4, -0.2) is 20.1 Å². The predicted molar refractivity (Wildman–Crippen MR) is 93.5 cm³/mol. The number of carbonyl (C=O) groups excluding carboxylic acids is 1. The van der Waals surface area contributed by atoms with Gasteiger partial charge in [-0.1, -0.05) is 28.1 Å². The lowest BCUT2D eigenvalue weighted by molar-refractivity contribution is -0.116. The number of hydrogen-bond acceptors (Lipinski definition) is 3. The van der Waals surface area contributed by atoms with E-state index in [1.165, 1.54) is 0 Å². The number of fused-ring (bicyclic) bond motifs is 1. The lowest BCUT2D eigenvalue weighted by Crippen LogP contribution is -2.24. The molecule has 2 aromatic carbocycles. The van der Waals surface area contributed by atoms with E-state index < -0.39 is 0 Å². The van der Waals surface area contributed by atoms with Crippen LogP contribution in [0.25, 0.3) is 0 Å². The Hall–Kier alpha value is -2.01. The van der Waals surface area contributed by atoms with Crippen LogP contribution in [0.15, 0.2) is 34.8 Å². The van der Waals surface area contributed by atoms with Crippen molar-refractivity contribution in [3.8, 4) is 11.5 Å². The number of benzene rings is 2. The first-order valence-electron chi connectivity index (χ1n) is 7.35. The van der Waals surface area contributed by atoms with Crippen LogP contribution in [0.3, 0.4) is 0 Å². The number of aryl methyl sites for hydroxylation is 1. The molecule has 5 heteroatoms. The van der Waals surface area contributed by atoms with Gasteiger partial charge in [-0.05, 0) is 24.1 Å². The van der Waals surface area contributed by atoms with E-state index in [4.69, 9.17) is 9.47 Å². The second-order valence-electron chi connectivity index (χ2n) is 5.60. The van der Waals surface area contributed by atoms with Crippen LogP contribution < -0.4 is 14.8 Å². The molecule has 1 aliphatic rings. The molecule has 1 atom stereocenters. The maximum absolute atomic E-state index is 12.2. The molecular weight excluding hydrogens is 358 g/mol. The van der Waals surface area contributed by atoms with Gasteiger partial charge in [-0.2, -0.15) is 0 Å². The molecule has 0 fully saturated rings. The first-order chi connectivity index (χ1) is 11.0. The number of anilines is 1. The number of amides is 1. The zero-order chi connectivity index (χ0) is 16.6. The maximum atomic E-state index is 12.2. The summed E-state index contributed by atoms with van der Waals surface area (Å²) in [5, 5.41) is 2.92. The summed E-state index contributed by atoms with van der Waals surface area (Å²) in [5.74, 6) is 1.33. The van der Waals surface area contributed by atoms with Crippen LogP contribution in [0.5, 0.6) is 11.5 Å². The van der Waals surface area contributed by atoms with Gasteiger partial charge in [-0.3, -0.25) is 4.79 Å². The molecule has 0 saturated heterocycles. The second kappa shape index (κ2) is 6.24. The van der Waals surface area contributed by atoms with Gasteiger partial charge in [0.05, 0.1) is 19.9 Å². The molecule has 120 valence electrons. The van der Waals surface area contributed by atoms with E-state index in [-0.39, 0.29) is 11.8 Å². The Morgan fingerprint density at radius 3 is 2.61 bits per heavy atom. The summed E-state index contributed by atoms with van der Waals surface area (Å²) in [5.41, 5.74) is 3.99. The summed E-state index contributed by atoms with van der Waals surface area (Å²) in [6, 6.07) is 9.89. The Morgan fingerprint density at radius 2 is 1.96 bits per heavy atom. The average molecular weight is 376 g/mol. The molecule has 0 aliphatic carbocycles. The fourth-order valence-corrected chi connectivity index (χ4v) is 3.35. The number of ether oxygens (including phenoxy) is 2. The Kier molecular flexibility index (Phi) is 4.31. The number of hydrogen-bond donors (Lipinski definition) is 1. The van der Waals surface area contributed by atoms with Crippen molar-refractivity contribution in [2.24, 2.45) is 0 Å². The first-order valence-corrected chi connectivity index (χ1v) is 8.14. The minimum atomic E-state index is -0.0449. The van der Waals surface area contributed by atoms with Gasteiger partial charge < -0.3 is 14.8 Å². The van der Waals surface area contributed by atoms with Gasteiger partial charge in [0.2, 0.25) is 5.91 Å². The molecule has 0 spiro atoms. The van der Waals surface area contributed by atoms with E-state index in [0.29, 0.717) is 12.2 Å². The predicted octanol–water partition coefficient (Wildman–Crippen LogP) is 4.25. The molecule has 0 aromatic heterocycles. The standard InChI is InChI=1S/C18H18BrNO3/c1-10-4-5-11(6-14(10)19)13-9-17(21)20-15-7-12(22-2)8-16(23-3)18(13)15/h4-8,13H,9H2,1-3H3,(H,20,21). The van der Waals surface area contributed by atoms with Crippen LogP contribution >= 0.6 is 15.9 Å². The Bertz CT molecular complexity index is 773. The van der Waals surface area contributed by atoms with Gasteiger partial charge in [-0.15, -0.1) is 0 Å². The summed E-state index contributed by atoms with van der Waals surface area (Å²) < 4.78 is 11.9. The third-order valence-corrected chi connectivity index (χ3v) is 5.04. The highest BCUT2D eigenvalue weighted by Gasteiger charge is 2.30. The Balaban J connectivity index is 2.17. The molecule has 1 N–H and O–H groups in total. The summed E-state index contributed by atoms with van der Waals surface area (Å²) in [7, 11) is 3.23. The van der Waals surface area contributed by atoms with Gasteiger partial charge >= 0.3 is 0 Å². The summed E-state index contributed by atoms with van der Waals surface area (Å²) in [6.07, 6.45) is 0.394. The molecule has 0 bridgehead atoms. The molecule has 0 radical (unpaired) electrons. The lowest BCUT2D eigenvalue weighted by atomic mass is 9.84. The summed E-state index contributed by atoms with van der Waals surface area (Å²) in [4.78, 5) is 12.2. The highest BCUT2D eigenvalue weighted by atomic mass is 79.9. The molecule has 23 heavy (non-hydrogen) atoms. The van der Waals surface area contributed by atoms with Crippen molar-refractivity contribution < 1.29 is 14.3 Å². The van der Waals surface area contributed by atoms with E-state index in [9.17, 15) is 4.79 Å². The van der Waals surface area contributed by atoms with Crippen LogP contribution in [0, 0.1) is 6.92 Å². The number of nitrogens with one attached hydrogen (secondary N) is 1. The fraction of sp³-hybridized carbons (Fsp3) is 0.278. The molecular formula is C18H18BrNO3. The van der Waals surface area contributed by atoms with Crippen LogP contribution in [-0.2, 0) is 4.79 Å². The van der Waals surface area contributed by atoms with E-state index in [1.54, 1.807) is 14.2 Å². The normalized spacial score (nSPS) is 16.5. The molecule has 1 amide bonds. The quantitative estimate of drug-likeness (QED) is 0.871. The number of methoxy groups -OCH3 is 2. The van der Waals surface area contributed by atoms with Gasteiger partial charge in [-0.25, -0.2) is 0 Å². The lowest BCUT2D eigenvalue weighted by Gasteiger charge is -2.28. The number of rotatable bonds is 3. The minimum absolute atomic E-state index is 0.00509. The van der Waals surface area contributed by atoms with E-state index in [1.807, 2.05) is 19.1 Å². The second-order valence-corrected chi connectivity index (χ2v) is 6.46. The maximum Gasteiger partial charge on any atom is 0.225 e. The van der Waals surface area contributed by atoms with Crippen molar-refractivity contribution in [3.63, 3.8) is 0 Å². The molecule has 2 aromatic rings. The highest BCUT2D eigenvalue weighted by Crippen LogP contribution is 2.45. The van der Waals surface area contributed by atoms with Crippen molar-refractivity contribution in [2.45, 2.75) is 19.3 Å². The zero-order valence-corrected chi connectivity index (χ0v) is 14.9.